The molecule has 2 rings (SSSR count). The van der Waals surface area contributed by atoms with Crippen molar-refractivity contribution in [3.63, 3.8) is 0 Å². The van der Waals surface area contributed by atoms with Crippen molar-refractivity contribution in [2.45, 2.75) is 31.6 Å². The minimum absolute atomic E-state index is 0.210. The molecule has 0 radical (unpaired) electrons. The summed E-state index contributed by atoms with van der Waals surface area (Å²) in [7, 11) is 3.93. The Bertz CT molecular complexity index is 351. The molecule has 0 atom stereocenters. The van der Waals surface area contributed by atoms with Gasteiger partial charge in [0.25, 0.3) is 0 Å². The second kappa shape index (κ2) is 4.41. The van der Waals surface area contributed by atoms with Crippen molar-refractivity contribution in [1.82, 2.24) is 20.1 Å². The average molecular weight is 223 g/mol. The molecule has 0 unspecified atom stereocenters. The number of nitrogens with zero attached hydrogens (tertiary/aromatic N) is 3. The van der Waals surface area contributed by atoms with Crippen LogP contribution in [-0.4, -0.2) is 34.9 Å². The van der Waals surface area contributed by atoms with E-state index in [2.05, 4.69) is 32.3 Å². The van der Waals surface area contributed by atoms with Gasteiger partial charge in [-0.2, -0.15) is 0 Å². The summed E-state index contributed by atoms with van der Waals surface area (Å²) in [6.07, 6.45) is 3.43. The van der Waals surface area contributed by atoms with E-state index in [1.54, 1.807) is 0 Å². The number of hydrogen-bond donors (Lipinski definition) is 2. The molecule has 2 N–H and O–H groups in total. The molecule has 0 bridgehead atoms. The summed E-state index contributed by atoms with van der Waals surface area (Å²) in [5.74, 6) is 1.97. The van der Waals surface area contributed by atoms with Gasteiger partial charge in [-0.3, -0.25) is 0 Å². The average Bonchev–Trinajstić information content (AvgIpc) is 2.72. The SMILES string of the molecule is CCC1(c2nnc(NC)n2C)CCNCC1. The first kappa shape index (κ1) is 11.4. The minimum Gasteiger partial charge on any atom is -0.357 e. The number of aromatic nitrogens is 3. The number of piperidine rings is 1. The fourth-order valence-corrected chi connectivity index (χ4v) is 2.65. The maximum atomic E-state index is 4.38. The van der Waals surface area contributed by atoms with Gasteiger partial charge in [0, 0.05) is 19.5 Å². The lowest BCUT2D eigenvalue weighted by molar-refractivity contribution is 0.276. The van der Waals surface area contributed by atoms with Crippen LogP contribution < -0.4 is 10.6 Å². The third-order valence-corrected chi connectivity index (χ3v) is 3.81. The van der Waals surface area contributed by atoms with Crippen LogP contribution >= 0.6 is 0 Å². The largest absolute Gasteiger partial charge is 0.357 e. The van der Waals surface area contributed by atoms with Crippen LogP contribution in [0, 0.1) is 0 Å². The van der Waals surface area contributed by atoms with Crippen LogP contribution in [0.15, 0.2) is 0 Å². The normalized spacial score (nSPS) is 19.7. The van der Waals surface area contributed by atoms with Gasteiger partial charge < -0.3 is 15.2 Å². The van der Waals surface area contributed by atoms with Gasteiger partial charge in [-0.25, -0.2) is 0 Å². The van der Waals surface area contributed by atoms with Gasteiger partial charge in [-0.15, -0.1) is 10.2 Å². The molecule has 90 valence electrons. The van der Waals surface area contributed by atoms with Crippen LogP contribution in [0.25, 0.3) is 0 Å². The fourth-order valence-electron chi connectivity index (χ4n) is 2.65. The Balaban J connectivity index is 2.35. The van der Waals surface area contributed by atoms with Crippen molar-refractivity contribution >= 4 is 5.95 Å². The number of hydrogen-bond acceptors (Lipinski definition) is 4. The molecule has 0 aliphatic carbocycles. The van der Waals surface area contributed by atoms with E-state index in [-0.39, 0.29) is 5.41 Å². The smallest absolute Gasteiger partial charge is 0.224 e. The Labute approximate surface area is 96.6 Å². The van der Waals surface area contributed by atoms with Crippen LogP contribution in [0.1, 0.15) is 32.0 Å². The molecule has 16 heavy (non-hydrogen) atoms. The zero-order valence-corrected chi connectivity index (χ0v) is 10.4. The van der Waals surface area contributed by atoms with Gasteiger partial charge in [0.2, 0.25) is 5.95 Å². The number of anilines is 1. The minimum atomic E-state index is 0.210. The van der Waals surface area contributed by atoms with Gasteiger partial charge in [0.05, 0.1) is 0 Å². The molecule has 1 aromatic heterocycles. The predicted octanol–water partition coefficient (Wildman–Crippen LogP) is 0.888. The molecule has 0 spiro atoms. The first-order valence-electron chi connectivity index (χ1n) is 6.02. The van der Waals surface area contributed by atoms with Gasteiger partial charge in [0.15, 0.2) is 0 Å². The quantitative estimate of drug-likeness (QED) is 0.799. The van der Waals surface area contributed by atoms with Crippen molar-refractivity contribution in [1.29, 1.82) is 0 Å². The highest BCUT2D eigenvalue weighted by Crippen LogP contribution is 2.35. The van der Waals surface area contributed by atoms with E-state index in [0.29, 0.717) is 0 Å². The van der Waals surface area contributed by atoms with E-state index < -0.39 is 0 Å². The standard InChI is InChI=1S/C11H21N5/c1-4-11(5-7-13-8-6-11)9-14-15-10(12-2)16(9)3/h13H,4-8H2,1-3H3,(H,12,15). The molecular formula is C11H21N5. The highest BCUT2D eigenvalue weighted by atomic mass is 15.3. The molecule has 2 heterocycles. The van der Waals surface area contributed by atoms with Gasteiger partial charge in [0.1, 0.15) is 5.82 Å². The molecule has 1 aliphatic heterocycles. The van der Waals surface area contributed by atoms with Crippen LogP contribution in [-0.2, 0) is 12.5 Å². The summed E-state index contributed by atoms with van der Waals surface area (Å²) in [5, 5.41) is 15.0. The van der Waals surface area contributed by atoms with Crippen LogP contribution in [0.5, 0.6) is 0 Å². The van der Waals surface area contributed by atoms with Crippen molar-refractivity contribution < 1.29 is 0 Å². The van der Waals surface area contributed by atoms with E-state index in [9.17, 15) is 0 Å². The monoisotopic (exact) mass is 223 g/mol. The number of rotatable bonds is 3. The van der Waals surface area contributed by atoms with E-state index >= 15 is 0 Å². The first-order chi connectivity index (χ1) is 7.73. The predicted molar refractivity (Wildman–Crippen MR) is 64.6 cm³/mol. The maximum absolute atomic E-state index is 4.38. The lowest BCUT2D eigenvalue weighted by atomic mass is 9.76. The summed E-state index contributed by atoms with van der Waals surface area (Å²) < 4.78 is 2.09. The third kappa shape index (κ3) is 1.69. The summed E-state index contributed by atoms with van der Waals surface area (Å²) in [4.78, 5) is 0. The highest BCUT2D eigenvalue weighted by Gasteiger charge is 2.36. The summed E-state index contributed by atoms with van der Waals surface area (Å²) in [5.41, 5.74) is 0.210. The third-order valence-electron chi connectivity index (χ3n) is 3.81. The molecule has 0 amide bonds. The first-order valence-corrected chi connectivity index (χ1v) is 6.02. The Morgan fingerprint density at radius 2 is 2.06 bits per heavy atom. The summed E-state index contributed by atoms with van der Waals surface area (Å²) in [6, 6.07) is 0. The summed E-state index contributed by atoms with van der Waals surface area (Å²) in [6.45, 7) is 4.41. The van der Waals surface area contributed by atoms with Crippen molar-refractivity contribution in [3.8, 4) is 0 Å². The second-order valence-electron chi connectivity index (χ2n) is 4.54. The Hall–Kier alpha value is -1.10. The molecule has 1 saturated heterocycles. The molecular weight excluding hydrogens is 202 g/mol. The zero-order chi connectivity index (χ0) is 11.6. The Morgan fingerprint density at radius 1 is 1.38 bits per heavy atom. The molecule has 5 heteroatoms. The highest BCUT2D eigenvalue weighted by molar-refractivity contribution is 5.27. The molecule has 5 nitrogen and oxygen atoms in total. The van der Waals surface area contributed by atoms with Crippen molar-refractivity contribution in [2.75, 3.05) is 25.5 Å². The second-order valence-corrected chi connectivity index (χ2v) is 4.54. The fraction of sp³-hybridized carbons (Fsp3) is 0.818. The lowest BCUT2D eigenvalue weighted by Gasteiger charge is -2.35. The topological polar surface area (TPSA) is 54.8 Å². The molecule has 0 aromatic carbocycles. The number of nitrogens with one attached hydrogen (secondary N) is 2. The van der Waals surface area contributed by atoms with Gasteiger partial charge >= 0.3 is 0 Å². The summed E-state index contributed by atoms with van der Waals surface area (Å²) >= 11 is 0. The molecule has 1 aromatic rings. The lowest BCUT2D eigenvalue weighted by Crippen LogP contribution is -2.41. The van der Waals surface area contributed by atoms with Crippen LogP contribution in [0.3, 0.4) is 0 Å². The van der Waals surface area contributed by atoms with Crippen molar-refractivity contribution in [3.05, 3.63) is 5.82 Å². The van der Waals surface area contributed by atoms with Crippen LogP contribution in [0.4, 0.5) is 5.95 Å². The van der Waals surface area contributed by atoms with Crippen molar-refractivity contribution in [2.24, 2.45) is 7.05 Å². The van der Waals surface area contributed by atoms with E-state index in [1.807, 2.05) is 14.1 Å². The molecule has 1 fully saturated rings. The Morgan fingerprint density at radius 3 is 2.56 bits per heavy atom. The molecule has 0 saturated carbocycles. The van der Waals surface area contributed by atoms with E-state index in [4.69, 9.17) is 0 Å². The molecule has 1 aliphatic rings. The van der Waals surface area contributed by atoms with Gasteiger partial charge in [-0.05, 0) is 32.4 Å². The van der Waals surface area contributed by atoms with Gasteiger partial charge in [-0.1, -0.05) is 6.92 Å². The Kier molecular flexibility index (Phi) is 3.14. The van der Waals surface area contributed by atoms with Crippen LogP contribution in [0.2, 0.25) is 0 Å². The zero-order valence-electron chi connectivity index (χ0n) is 10.4. The van der Waals surface area contributed by atoms with E-state index in [0.717, 1.165) is 44.1 Å². The van der Waals surface area contributed by atoms with E-state index in [1.165, 1.54) is 0 Å². The maximum Gasteiger partial charge on any atom is 0.224 e.